The van der Waals surface area contributed by atoms with Gasteiger partial charge in [-0.25, -0.2) is 0 Å². The summed E-state index contributed by atoms with van der Waals surface area (Å²) in [5, 5.41) is 20.5. The lowest BCUT2D eigenvalue weighted by Gasteiger charge is -2.33. The molecule has 0 saturated heterocycles. The Hall–Kier alpha value is -1.44. The number of phenolic OH excluding ortho intramolecular Hbond substituents is 2. The van der Waals surface area contributed by atoms with Crippen molar-refractivity contribution in [1.82, 2.24) is 0 Å². The van der Waals surface area contributed by atoms with Gasteiger partial charge in [0.05, 0.1) is 0 Å². The number of aromatic hydroxyl groups is 2. The van der Waals surface area contributed by atoms with Crippen molar-refractivity contribution in [3.63, 3.8) is 0 Å². The number of hydrogen-bond acceptors (Lipinski definition) is 2. The van der Waals surface area contributed by atoms with E-state index in [0.717, 1.165) is 30.4 Å². The summed E-state index contributed by atoms with van der Waals surface area (Å²) >= 11 is 0. The number of benzene rings is 1. The summed E-state index contributed by atoms with van der Waals surface area (Å²) in [5.74, 6) is 0.645. The van der Waals surface area contributed by atoms with Crippen molar-refractivity contribution in [3.05, 3.63) is 34.9 Å². The molecule has 2 heteroatoms. The molecule has 2 N–H and O–H groups in total. The van der Waals surface area contributed by atoms with E-state index >= 15 is 0 Å². The monoisotopic (exact) mass is 260 g/mol. The van der Waals surface area contributed by atoms with Crippen molar-refractivity contribution in [2.24, 2.45) is 5.41 Å². The van der Waals surface area contributed by atoms with Crippen molar-refractivity contribution in [2.75, 3.05) is 0 Å². The van der Waals surface area contributed by atoms with Crippen LogP contribution in [0.1, 0.15) is 57.1 Å². The maximum Gasteiger partial charge on any atom is 0.123 e. The highest BCUT2D eigenvalue weighted by Crippen LogP contribution is 2.50. The summed E-state index contributed by atoms with van der Waals surface area (Å²) in [5.41, 5.74) is 3.06. The van der Waals surface area contributed by atoms with E-state index in [1.807, 2.05) is 6.92 Å². The normalized spacial score (nSPS) is 22.7. The third-order valence-corrected chi connectivity index (χ3v) is 4.38. The molecule has 1 aromatic rings. The summed E-state index contributed by atoms with van der Waals surface area (Å²) in [6, 6.07) is 3.49. The number of aryl methyl sites for hydroxylation is 1. The van der Waals surface area contributed by atoms with E-state index in [2.05, 4.69) is 26.8 Å². The summed E-state index contributed by atoms with van der Waals surface area (Å²) in [7, 11) is 0. The van der Waals surface area contributed by atoms with Crippen LogP contribution in [0, 0.1) is 12.3 Å². The molecule has 1 aliphatic rings. The van der Waals surface area contributed by atoms with Gasteiger partial charge in [-0.3, -0.25) is 0 Å². The molecular weight excluding hydrogens is 236 g/mol. The number of allylic oxidation sites excluding steroid dienone is 2. The van der Waals surface area contributed by atoms with Gasteiger partial charge in [-0.15, -0.1) is 0 Å². The van der Waals surface area contributed by atoms with E-state index in [1.165, 1.54) is 5.57 Å². The van der Waals surface area contributed by atoms with Gasteiger partial charge in [0.2, 0.25) is 0 Å². The molecule has 0 fully saturated rings. The van der Waals surface area contributed by atoms with Crippen LogP contribution < -0.4 is 0 Å². The van der Waals surface area contributed by atoms with Gasteiger partial charge in [0.1, 0.15) is 11.5 Å². The first-order valence-electron chi connectivity index (χ1n) is 6.99. The van der Waals surface area contributed by atoms with Crippen LogP contribution in [0.15, 0.2) is 23.8 Å². The lowest BCUT2D eigenvalue weighted by molar-refractivity contribution is 0.268. The van der Waals surface area contributed by atoms with E-state index in [1.54, 1.807) is 12.1 Å². The standard InChI is InChI=1S/C17H24O2/c1-11-5-6-13(17(3,4)8-7-11)16-14(18)9-12(2)10-15(16)19/h7,9-10,13,18-19H,5-6,8H2,1-4H3. The van der Waals surface area contributed by atoms with E-state index in [0.29, 0.717) is 0 Å². The lowest BCUT2D eigenvalue weighted by atomic mass is 9.71. The predicted molar refractivity (Wildman–Crippen MR) is 78.6 cm³/mol. The van der Waals surface area contributed by atoms with Crippen LogP contribution in [0.2, 0.25) is 0 Å². The molecule has 1 aromatic carbocycles. The molecule has 104 valence electrons. The Morgan fingerprint density at radius 1 is 1.11 bits per heavy atom. The van der Waals surface area contributed by atoms with Crippen molar-refractivity contribution < 1.29 is 10.2 Å². The maximum atomic E-state index is 10.2. The topological polar surface area (TPSA) is 40.5 Å². The van der Waals surface area contributed by atoms with Gasteiger partial charge in [-0.2, -0.15) is 0 Å². The number of rotatable bonds is 1. The fourth-order valence-electron chi connectivity index (χ4n) is 3.10. The summed E-state index contributed by atoms with van der Waals surface area (Å²) in [4.78, 5) is 0. The molecule has 0 heterocycles. The van der Waals surface area contributed by atoms with Gasteiger partial charge in [0.15, 0.2) is 0 Å². The molecule has 1 aliphatic carbocycles. The van der Waals surface area contributed by atoms with Crippen LogP contribution in [-0.4, -0.2) is 10.2 Å². The Labute approximate surface area is 115 Å². The average molecular weight is 260 g/mol. The van der Waals surface area contributed by atoms with Gasteiger partial charge < -0.3 is 10.2 Å². The third kappa shape index (κ3) is 2.78. The molecule has 2 nitrogen and oxygen atoms in total. The number of phenols is 2. The first-order valence-corrected chi connectivity index (χ1v) is 6.99. The SMILES string of the molecule is CC1=CCC(C)(C)C(c2c(O)cc(C)cc2O)CC1. The van der Waals surface area contributed by atoms with Crippen molar-refractivity contribution >= 4 is 0 Å². The quantitative estimate of drug-likeness (QED) is 0.722. The second-order valence-corrected chi connectivity index (χ2v) is 6.55. The van der Waals surface area contributed by atoms with Gasteiger partial charge >= 0.3 is 0 Å². The highest BCUT2D eigenvalue weighted by atomic mass is 16.3. The predicted octanol–water partition coefficient (Wildman–Crippen LogP) is 4.65. The van der Waals surface area contributed by atoms with Gasteiger partial charge in [-0.1, -0.05) is 25.5 Å². The Morgan fingerprint density at radius 3 is 2.26 bits per heavy atom. The van der Waals surface area contributed by atoms with Crippen LogP contribution >= 0.6 is 0 Å². The van der Waals surface area contributed by atoms with Crippen LogP contribution in [0.5, 0.6) is 11.5 Å². The summed E-state index contributed by atoms with van der Waals surface area (Å²) < 4.78 is 0. The van der Waals surface area contributed by atoms with E-state index < -0.39 is 0 Å². The van der Waals surface area contributed by atoms with Gasteiger partial charge in [0.25, 0.3) is 0 Å². The molecule has 1 atom stereocenters. The largest absolute Gasteiger partial charge is 0.508 e. The van der Waals surface area contributed by atoms with Gasteiger partial charge in [-0.05, 0) is 62.1 Å². The van der Waals surface area contributed by atoms with E-state index in [4.69, 9.17) is 0 Å². The summed E-state index contributed by atoms with van der Waals surface area (Å²) in [6.07, 6.45) is 5.28. The molecule has 0 bridgehead atoms. The molecule has 0 aliphatic heterocycles. The van der Waals surface area contributed by atoms with E-state index in [9.17, 15) is 10.2 Å². The van der Waals surface area contributed by atoms with Crippen molar-refractivity contribution in [3.8, 4) is 11.5 Å². The Bertz CT molecular complexity index is 489. The maximum absolute atomic E-state index is 10.2. The molecular formula is C17H24O2. The Balaban J connectivity index is 2.46. The molecule has 0 saturated carbocycles. The van der Waals surface area contributed by atoms with Crippen molar-refractivity contribution in [1.29, 1.82) is 0 Å². The van der Waals surface area contributed by atoms with Crippen LogP contribution in [0.25, 0.3) is 0 Å². The fraction of sp³-hybridized carbons (Fsp3) is 0.529. The fourth-order valence-corrected chi connectivity index (χ4v) is 3.10. The highest BCUT2D eigenvalue weighted by Gasteiger charge is 2.34. The minimum Gasteiger partial charge on any atom is -0.508 e. The second-order valence-electron chi connectivity index (χ2n) is 6.55. The van der Waals surface area contributed by atoms with Gasteiger partial charge in [0, 0.05) is 5.56 Å². The minimum atomic E-state index is 0.0436. The first-order chi connectivity index (χ1) is 8.81. The smallest absolute Gasteiger partial charge is 0.123 e. The molecule has 0 radical (unpaired) electrons. The zero-order valence-electron chi connectivity index (χ0n) is 12.3. The first kappa shape index (κ1) is 14.0. The Morgan fingerprint density at radius 2 is 1.68 bits per heavy atom. The molecule has 19 heavy (non-hydrogen) atoms. The Kier molecular flexibility index (Phi) is 3.62. The molecule has 0 amide bonds. The van der Waals surface area contributed by atoms with Crippen LogP contribution in [0.3, 0.4) is 0 Å². The molecule has 2 rings (SSSR count). The zero-order valence-corrected chi connectivity index (χ0v) is 12.3. The van der Waals surface area contributed by atoms with Crippen molar-refractivity contribution in [2.45, 2.75) is 52.9 Å². The third-order valence-electron chi connectivity index (χ3n) is 4.38. The number of hydrogen-bond donors (Lipinski definition) is 2. The van der Waals surface area contributed by atoms with E-state index in [-0.39, 0.29) is 22.8 Å². The van der Waals surface area contributed by atoms with Crippen LogP contribution in [0.4, 0.5) is 0 Å². The molecule has 0 spiro atoms. The van der Waals surface area contributed by atoms with Crippen LogP contribution in [-0.2, 0) is 0 Å². The minimum absolute atomic E-state index is 0.0436. The molecule has 0 aromatic heterocycles. The second kappa shape index (κ2) is 4.92. The lowest BCUT2D eigenvalue weighted by Crippen LogP contribution is -2.21. The average Bonchev–Trinajstić information content (AvgIpc) is 2.40. The highest BCUT2D eigenvalue weighted by molar-refractivity contribution is 5.49. The summed E-state index contributed by atoms with van der Waals surface area (Å²) in [6.45, 7) is 8.47. The molecule has 1 unspecified atom stereocenters. The zero-order chi connectivity index (χ0) is 14.2.